The summed E-state index contributed by atoms with van der Waals surface area (Å²) in [5.41, 5.74) is 1.82. The lowest BCUT2D eigenvalue weighted by Crippen LogP contribution is -2.34. The largest absolute Gasteiger partial charge is 0.493 e. The summed E-state index contributed by atoms with van der Waals surface area (Å²) < 4.78 is 33.1. The van der Waals surface area contributed by atoms with E-state index in [0.29, 0.717) is 34.5 Å². The molecule has 2 aromatic carbocycles. The van der Waals surface area contributed by atoms with Gasteiger partial charge in [0.05, 0.1) is 21.3 Å². The van der Waals surface area contributed by atoms with E-state index < -0.39 is 6.29 Å². The van der Waals surface area contributed by atoms with Crippen LogP contribution in [0.3, 0.4) is 0 Å². The van der Waals surface area contributed by atoms with Crippen LogP contribution in [0.2, 0.25) is 0 Å². The predicted octanol–water partition coefficient (Wildman–Crippen LogP) is 2.92. The van der Waals surface area contributed by atoms with Crippen LogP contribution in [0.1, 0.15) is 24.0 Å². The van der Waals surface area contributed by atoms with Crippen molar-refractivity contribution in [1.29, 1.82) is 0 Å². The molecule has 0 aromatic heterocycles. The van der Waals surface area contributed by atoms with Crippen molar-refractivity contribution in [2.45, 2.75) is 19.1 Å². The van der Waals surface area contributed by atoms with Gasteiger partial charge in [-0.15, -0.1) is 0 Å². The zero-order valence-corrected chi connectivity index (χ0v) is 15.6. The van der Waals surface area contributed by atoms with Crippen molar-refractivity contribution >= 4 is 0 Å². The van der Waals surface area contributed by atoms with Gasteiger partial charge in [-0.25, -0.2) is 0 Å². The monoisotopic (exact) mass is 374 g/mol. The van der Waals surface area contributed by atoms with E-state index >= 15 is 0 Å². The van der Waals surface area contributed by atoms with E-state index in [1.54, 1.807) is 27.4 Å². The maximum Gasteiger partial charge on any atom is 0.231 e. The Labute approximate surface area is 157 Å². The first-order valence-electron chi connectivity index (χ1n) is 8.65. The lowest BCUT2D eigenvalue weighted by molar-refractivity contribution is -0.0729. The molecular weight excluding hydrogens is 352 g/mol. The number of hydrogen-bond acceptors (Lipinski definition) is 7. The molecule has 27 heavy (non-hydrogen) atoms. The van der Waals surface area contributed by atoms with Gasteiger partial charge in [0.1, 0.15) is 5.75 Å². The fraction of sp³-hybridized carbons (Fsp3) is 0.400. The van der Waals surface area contributed by atoms with Crippen molar-refractivity contribution < 1.29 is 33.5 Å². The highest BCUT2D eigenvalue weighted by Crippen LogP contribution is 2.51. The summed E-state index contributed by atoms with van der Waals surface area (Å²) in [7, 11) is 4.72. The van der Waals surface area contributed by atoms with Crippen molar-refractivity contribution in [2.75, 3.05) is 28.1 Å². The Morgan fingerprint density at radius 2 is 1.52 bits per heavy atom. The van der Waals surface area contributed by atoms with E-state index in [-0.39, 0.29) is 18.6 Å². The number of fused-ring (bicyclic) bond motifs is 2. The van der Waals surface area contributed by atoms with Gasteiger partial charge >= 0.3 is 0 Å². The number of aliphatic hydroxyl groups is 1. The molecule has 0 radical (unpaired) electrons. The molecule has 2 aliphatic rings. The van der Waals surface area contributed by atoms with Crippen LogP contribution in [0, 0.1) is 5.92 Å². The van der Waals surface area contributed by atoms with Gasteiger partial charge in [0.25, 0.3) is 0 Å². The first kappa shape index (κ1) is 17.6. The minimum Gasteiger partial charge on any atom is -0.493 e. The van der Waals surface area contributed by atoms with Crippen molar-refractivity contribution in [3.05, 3.63) is 35.4 Å². The normalized spacial score (nSPS) is 22.6. The van der Waals surface area contributed by atoms with E-state index in [1.165, 1.54) is 0 Å². The fourth-order valence-corrected chi connectivity index (χ4v) is 3.73. The number of benzene rings is 2. The van der Waals surface area contributed by atoms with Crippen LogP contribution in [0.5, 0.6) is 34.5 Å². The molecule has 0 fully saturated rings. The third-order valence-electron chi connectivity index (χ3n) is 5.11. The molecule has 0 amide bonds. The van der Waals surface area contributed by atoms with Gasteiger partial charge in [-0.3, -0.25) is 0 Å². The highest BCUT2D eigenvalue weighted by Gasteiger charge is 2.38. The molecule has 3 unspecified atom stereocenters. The van der Waals surface area contributed by atoms with Crippen molar-refractivity contribution in [3.8, 4) is 34.5 Å². The van der Waals surface area contributed by atoms with Gasteiger partial charge in [0.2, 0.25) is 18.8 Å². The standard InChI is InChI=1S/C20H22O7/c1-10-18(11-5-16(22-2)19(24-4)17(6-11)23-3)12-7-14-15(26-9-25-14)8-13(12)27-20(10)21/h5-8,10,18,20-21H,9H2,1-4H3. The van der Waals surface area contributed by atoms with Crippen LogP contribution in [0.4, 0.5) is 0 Å². The Balaban J connectivity index is 1.88. The zero-order chi connectivity index (χ0) is 19.1. The second-order valence-electron chi connectivity index (χ2n) is 6.55. The molecular formula is C20H22O7. The lowest BCUT2D eigenvalue weighted by Gasteiger charge is -2.36. The number of aliphatic hydroxyl groups excluding tert-OH is 1. The highest BCUT2D eigenvalue weighted by atomic mass is 16.7. The van der Waals surface area contributed by atoms with Crippen molar-refractivity contribution in [1.82, 2.24) is 0 Å². The van der Waals surface area contributed by atoms with Crippen molar-refractivity contribution in [2.24, 2.45) is 5.92 Å². The van der Waals surface area contributed by atoms with Gasteiger partial charge < -0.3 is 33.5 Å². The van der Waals surface area contributed by atoms with Crippen LogP contribution in [-0.4, -0.2) is 39.5 Å². The van der Waals surface area contributed by atoms with Gasteiger partial charge in [-0.1, -0.05) is 6.92 Å². The van der Waals surface area contributed by atoms with E-state index in [0.717, 1.165) is 11.1 Å². The summed E-state index contributed by atoms with van der Waals surface area (Å²) in [5.74, 6) is 3.12. The molecule has 4 rings (SSSR count). The molecule has 1 N–H and O–H groups in total. The molecule has 144 valence electrons. The zero-order valence-electron chi connectivity index (χ0n) is 15.6. The molecule has 0 spiro atoms. The summed E-state index contributed by atoms with van der Waals surface area (Å²) in [6, 6.07) is 7.47. The van der Waals surface area contributed by atoms with Crippen LogP contribution < -0.4 is 28.4 Å². The Kier molecular flexibility index (Phi) is 4.39. The highest BCUT2D eigenvalue weighted by molar-refractivity contribution is 5.59. The molecule has 3 atom stereocenters. The van der Waals surface area contributed by atoms with Gasteiger partial charge in [0, 0.05) is 23.5 Å². The molecule has 7 nitrogen and oxygen atoms in total. The summed E-state index contributed by atoms with van der Waals surface area (Å²) >= 11 is 0. The Hall–Kier alpha value is -2.80. The molecule has 2 aromatic rings. The fourth-order valence-electron chi connectivity index (χ4n) is 3.73. The predicted molar refractivity (Wildman–Crippen MR) is 96.3 cm³/mol. The lowest BCUT2D eigenvalue weighted by atomic mass is 9.79. The minimum absolute atomic E-state index is 0.160. The summed E-state index contributed by atoms with van der Waals surface area (Å²) in [5, 5.41) is 10.5. The van der Waals surface area contributed by atoms with Crippen LogP contribution in [-0.2, 0) is 0 Å². The number of rotatable bonds is 4. The maximum atomic E-state index is 10.5. The topological polar surface area (TPSA) is 75.6 Å². The Morgan fingerprint density at radius 3 is 2.11 bits per heavy atom. The molecule has 0 aliphatic carbocycles. The Bertz CT molecular complexity index is 839. The van der Waals surface area contributed by atoms with Crippen LogP contribution in [0.25, 0.3) is 0 Å². The summed E-state index contributed by atoms with van der Waals surface area (Å²) in [6.07, 6.45) is -0.957. The third-order valence-corrected chi connectivity index (χ3v) is 5.11. The molecule has 0 bridgehead atoms. The van der Waals surface area contributed by atoms with Crippen LogP contribution >= 0.6 is 0 Å². The van der Waals surface area contributed by atoms with E-state index in [4.69, 9.17) is 28.4 Å². The van der Waals surface area contributed by atoms with Gasteiger partial charge in [-0.2, -0.15) is 0 Å². The summed E-state index contributed by atoms with van der Waals surface area (Å²) in [6.45, 7) is 2.11. The SMILES string of the molecule is COc1cc(C2c3cc4c(cc3OC(O)C2C)OCO4)cc(OC)c1OC. The molecule has 0 saturated heterocycles. The first-order valence-corrected chi connectivity index (χ1v) is 8.65. The average molecular weight is 374 g/mol. The second kappa shape index (κ2) is 6.74. The Morgan fingerprint density at radius 1 is 0.889 bits per heavy atom. The van der Waals surface area contributed by atoms with E-state index in [1.807, 2.05) is 25.1 Å². The van der Waals surface area contributed by atoms with Gasteiger partial charge in [-0.05, 0) is 23.8 Å². The first-order chi connectivity index (χ1) is 13.1. The minimum atomic E-state index is -0.957. The third kappa shape index (κ3) is 2.78. The molecule has 2 aliphatic heterocycles. The second-order valence-corrected chi connectivity index (χ2v) is 6.55. The van der Waals surface area contributed by atoms with Crippen molar-refractivity contribution in [3.63, 3.8) is 0 Å². The molecule has 2 heterocycles. The van der Waals surface area contributed by atoms with Crippen LogP contribution in [0.15, 0.2) is 24.3 Å². The van der Waals surface area contributed by atoms with E-state index in [9.17, 15) is 5.11 Å². The maximum absolute atomic E-state index is 10.5. The summed E-state index contributed by atoms with van der Waals surface area (Å²) in [4.78, 5) is 0. The molecule has 0 saturated carbocycles. The number of methoxy groups -OCH3 is 3. The average Bonchev–Trinajstić information content (AvgIpc) is 3.13. The van der Waals surface area contributed by atoms with Gasteiger partial charge in [0.15, 0.2) is 23.0 Å². The quantitative estimate of drug-likeness (QED) is 0.882. The van der Waals surface area contributed by atoms with E-state index in [2.05, 4.69) is 0 Å². The number of ether oxygens (including phenoxy) is 6. The smallest absolute Gasteiger partial charge is 0.231 e. The number of hydrogen-bond donors (Lipinski definition) is 1. The molecule has 7 heteroatoms.